The second-order valence-corrected chi connectivity index (χ2v) is 3.69. The summed E-state index contributed by atoms with van der Waals surface area (Å²) < 4.78 is 44.1. The van der Waals surface area contributed by atoms with Crippen LogP contribution >= 0.6 is 0 Å². The number of nitrogens with zero attached hydrogens (tertiary/aromatic N) is 1. The summed E-state index contributed by atoms with van der Waals surface area (Å²) >= 11 is 0. The Hall–Kier alpha value is -1.15. The van der Waals surface area contributed by atoms with Crippen molar-refractivity contribution in [1.82, 2.24) is 4.90 Å². The van der Waals surface area contributed by atoms with Gasteiger partial charge in [0.2, 0.25) is 0 Å². The highest BCUT2D eigenvalue weighted by molar-refractivity contribution is 5.89. The number of rotatable bonds is 3. The fourth-order valence-corrected chi connectivity index (χ4v) is 1.40. The van der Waals surface area contributed by atoms with E-state index in [1.54, 1.807) is 7.05 Å². The normalized spacial score (nSPS) is 20.6. The van der Waals surface area contributed by atoms with Crippen LogP contribution in [0.5, 0.6) is 0 Å². The van der Waals surface area contributed by atoms with Crippen molar-refractivity contribution in [3.63, 3.8) is 0 Å². The topological polar surface area (TPSA) is 55.8 Å². The molecule has 8 heteroatoms. The molecule has 98 valence electrons. The van der Waals surface area contributed by atoms with Crippen molar-refractivity contribution >= 4 is 11.9 Å². The molecule has 1 fully saturated rings. The lowest BCUT2D eigenvalue weighted by atomic mass is 10.2. The number of carbonyl (C=O) groups excluding carboxylic acids is 2. The molecule has 1 atom stereocenters. The van der Waals surface area contributed by atoms with E-state index in [4.69, 9.17) is 4.74 Å². The van der Waals surface area contributed by atoms with Gasteiger partial charge in [-0.2, -0.15) is 13.2 Å². The van der Waals surface area contributed by atoms with Crippen LogP contribution in [0.3, 0.4) is 0 Å². The third-order valence-corrected chi connectivity index (χ3v) is 2.35. The van der Waals surface area contributed by atoms with Gasteiger partial charge < -0.3 is 9.47 Å². The number of carbonyl (C=O) groups is 2. The molecule has 0 spiro atoms. The molecule has 0 saturated carbocycles. The lowest BCUT2D eigenvalue weighted by Gasteiger charge is -2.21. The fourth-order valence-electron chi connectivity index (χ4n) is 1.40. The zero-order chi connectivity index (χ0) is 13.1. The van der Waals surface area contributed by atoms with Gasteiger partial charge in [0.15, 0.2) is 0 Å². The molecule has 1 unspecified atom stereocenters. The minimum Gasteiger partial charge on any atom is -0.385 e. The summed E-state index contributed by atoms with van der Waals surface area (Å²) in [5, 5.41) is 0. The number of likely N-dealkylation sites (N-methyl/N-ethyl adjacent to an activating group) is 1. The number of ether oxygens (including phenoxy) is 2. The second kappa shape index (κ2) is 5.46. The van der Waals surface area contributed by atoms with E-state index in [0.29, 0.717) is 19.6 Å². The second-order valence-electron chi connectivity index (χ2n) is 3.69. The summed E-state index contributed by atoms with van der Waals surface area (Å²) in [5.74, 6) is -3.71. The molecule has 0 N–H and O–H groups in total. The van der Waals surface area contributed by atoms with Gasteiger partial charge in [-0.15, -0.1) is 0 Å². The Balaban J connectivity index is 2.36. The minimum absolute atomic E-state index is 0.0384. The molecule has 0 aromatic carbocycles. The fraction of sp³-hybridized carbons (Fsp3) is 0.778. The maximum absolute atomic E-state index is 11.8. The summed E-state index contributed by atoms with van der Waals surface area (Å²) in [6.45, 7) is 0.582. The largest absolute Gasteiger partial charge is 0.491 e. The first kappa shape index (κ1) is 13.9. The number of alkyl halides is 3. The van der Waals surface area contributed by atoms with Crippen molar-refractivity contribution in [1.29, 1.82) is 0 Å². The first-order chi connectivity index (χ1) is 7.80. The van der Waals surface area contributed by atoms with Crippen LogP contribution in [0.1, 0.15) is 6.42 Å². The average molecular weight is 255 g/mol. The van der Waals surface area contributed by atoms with Gasteiger partial charge in [0.25, 0.3) is 0 Å². The van der Waals surface area contributed by atoms with E-state index in [1.165, 1.54) is 4.90 Å². The SMILES string of the molecule is CN(CC(=O)OC(=O)C(F)(F)F)C1CCOC1. The van der Waals surface area contributed by atoms with E-state index < -0.39 is 18.1 Å². The van der Waals surface area contributed by atoms with Crippen molar-refractivity contribution in [3.05, 3.63) is 0 Å². The van der Waals surface area contributed by atoms with Crippen molar-refractivity contribution in [2.75, 3.05) is 26.8 Å². The Morgan fingerprint density at radius 1 is 1.47 bits per heavy atom. The van der Waals surface area contributed by atoms with Crippen LogP contribution in [0, 0.1) is 0 Å². The van der Waals surface area contributed by atoms with Gasteiger partial charge in [-0.25, -0.2) is 4.79 Å². The van der Waals surface area contributed by atoms with E-state index in [0.717, 1.165) is 0 Å². The minimum atomic E-state index is -5.15. The molecule has 5 nitrogen and oxygen atoms in total. The molecule has 1 heterocycles. The van der Waals surface area contributed by atoms with Gasteiger partial charge >= 0.3 is 18.1 Å². The van der Waals surface area contributed by atoms with Gasteiger partial charge in [0.05, 0.1) is 13.2 Å². The first-order valence-corrected chi connectivity index (χ1v) is 4.90. The van der Waals surface area contributed by atoms with Gasteiger partial charge in [-0.3, -0.25) is 9.69 Å². The molecular weight excluding hydrogens is 243 g/mol. The highest BCUT2D eigenvalue weighted by Gasteiger charge is 2.42. The molecule has 0 bridgehead atoms. The van der Waals surface area contributed by atoms with Gasteiger partial charge in [0, 0.05) is 12.6 Å². The van der Waals surface area contributed by atoms with Crippen LogP contribution < -0.4 is 0 Å². The Kier molecular flexibility index (Phi) is 4.47. The predicted octanol–water partition coefficient (Wildman–Crippen LogP) is 0.339. The standard InChI is InChI=1S/C9H12F3NO4/c1-13(6-2-3-16-5-6)4-7(14)17-8(15)9(10,11)12/h6H,2-5H2,1H3. The van der Waals surface area contributed by atoms with Crippen molar-refractivity contribution < 1.29 is 32.2 Å². The van der Waals surface area contributed by atoms with Gasteiger partial charge in [-0.05, 0) is 13.5 Å². The maximum atomic E-state index is 11.8. The van der Waals surface area contributed by atoms with E-state index in [1.807, 2.05) is 0 Å². The number of hydrogen-bond acceptors (Lipinski definition) is 5. The first-order valence-electron chi connectivity index (χ1n) is 4.90. The molecule has 0 aromatic rings. The average Bonchev–Trinajstić information content (AvgIpc) is 2.68. The van der Waals surface area contributed by atoms with Crippen LogP contribution in [0.15, 0.2) is 0 Å². The van der Waals surface area contributed by atoms with E-state index >= 15 is 0 Å². The molecular formula is C9H12F3NO4. The molecule has 1 aliphatic rings. The lowest BCUT2D eigenvalue weighted by Crippen LogP contribution is -2.39. The molecule has 0 aromatic heterocycles. The molecule has 0 amide bonds. The van der Waals surface area contributed by atoms with Gasteiger partial charge in [-0.1, -0.05) is 0 Å². The monoisotopic (exact) mass is 255 g/mol. The Morgan fingerprint density at radius 3 is 2.59 bits per heavy atom. The number of halogens is 3. The molecule has 0 radical (unpaired) electrons. The van der Waals surface area contributed by atoms with Crippen LogP contribution in [0.25, 0.3) is 0 Å². The highest BCUT2D eigenvalue weighted by atomic mass is 19.4. The molecule has 1 aliphatic heterocycles. The molecule has 17 heavy (non-hydrogen) atoms. The molecule has 1 saturated heterocycles. The Morgan fingerprint density at radius 2 is 2.12 bits per heavy atom. The third-order valence-electron chi connectivity index (χ3n) is 2.35. The van der Waals surface area contributed by atoms with Gasteiger partial charge in [0.1, 0.15) is 0 Å². The summed E-state index contributed by atoms with van der Waals surface area (Å²) in [7, 11) is 1.55. The summed E-state index contributed by atoms with van der Waals surface area (Å²) in [6.07, 6.45) is -4.46. The number of hydrogen-bond donors (Lipinski definition) is 0. The molecule has 1 rings (SSSR count). The smallest absolute Gasteiger partial charge is 0.385 e. The summed E-state index contributed by atoms with van der Waals surface area (Å²) in [6, 6.07) is -0.0384. The van der Waals surface area contributed by atoms with Crippen molar-refractivity contribution in [2.45, 2.75) is 18.6 Å². The van der Waals surface area contributed by atoms with E-state index in [-0.39, 0.29) is 12.6 Å². The summed E-state index contributed by atoms with van der Waals surface area (Å²) in [5.41, 5.74) is 0. The Labute approximate surface area is 95.5 Å². The van der Waals surface area contributed by atoms with Crippen LogP contribution in [0.4, 0.5) is 13.2 Å². The quantitative estimate of drug-likeness (QED) is 0.537. The maximum Gasteiger partial charge on any atom is 0.491 e. The lowest BCUT2D eigenvalue weighted by molar-refractivity contribution is -0.202. The predicted molar refractivity (Wildman–Crippen MR) is 49.0 cm³/mol. The third kappa shape index (κ3) is 4.31. The van der Waals surface area contributed by atoms with Crippen LogP contribution in [-0.2, 0) is 19.1 Å². The van der Waals surface area contributed by atoms with Crippen LogP contribution in [-0.4, -0.2) is 55.9 Å². The molecule has 0 aliphatic carbocycles. The van der Waals surface area contributed by atoms with Crippen molar-refractivity contribution in [3.8, 4) is 0 Å². The van der Waals surface area contributed by atoms with E-state index in [2.05, 4.69) is 4.74 Å². The zero-order valence-corrected chi connectivity index (χ0v) is 9.12. The van der Waals surface area contributed by atoms with Crippen LogP contribution in [0.2, 0.25) is 0 Å². The zero-order valence-electron chi connectivity index (χ0n) is 9.12. The summed E-state index contributed by atoms with van der Waals surface area (Å²) in [4.78, 5) is 22.9. The number of esters is 2. The highest BCUT2D eigenvalue weighted by Crippen LogP contribution is 2.17. The van der Waals surface area contributed by atoms with E-state index in [9.17, 15) is 22.8 Å². The van der Waals surface area contributed by atoms with Crippen molar-refractivity contribution in [2.24, 2.45) is 0 Å². The Bertz CT molecular complexity index is 299.